The second-order valence-electron chi connectivity index (χ2n) is 3.75. The number of hydrogen-bond acceptors (Lipinski definition) is 2. The lowest BCUT2D eigenvalue weighted by molar-refractivity contribution is -0.116. The van der Waals surface area contributed by atoms with Crippen molar-refractivity contribution < 1.29 is 4.79 Å². The highest BCUT2D eigenvalue weighted by molar-refractivity contribution is 5.87. The molecule has 1 N–H and O–H groups in total. The van der Waals surface area contributed by atoms with Crippen molar-refractivity contribution in [2.75, 3.05) is 0 Å². The van der Waals surface area contributed by atoms with Gasteiger partial charge in [-0.2, -0.15) is 0 Å². The van der Waals surface area contributed by atoms with Crippen LogP contribution in [0, 0.1) is 0 Å². The molecule has 0 bridgehead atoms. The van der Waals surface area contributed by atoms with Crippen molar-refractivity contribution in [2.24, 2.45) is 0 Å². The van der Waals surface area contributed by atoms with Crippen LogP contribution in [-0.4, -0.2) is 10.9 Å². The highest BCUT2D eigenvalue weighted by Gasteiger charge is 1.99. The smallest absolute Gasteiger partial charge is 0.243 e. The number of carbonyl (C=O) groups is 1. The summed E-state index contributed by atoms with van der Waals surface area (Å²) in [5.74, 6) is -0.0827. The van der Waals surface area contributed by atoms with Gasteiger partial charge in [0.25, 0.3) is 0 Å². The molecule has 0 saturated heterocycles. The van der Waals surface area contributed by atoms with Crippen molar-refractivity contribution in [2.45, 2.75) is 13.5 Å². The molecule has 2 rings (SSSR count). The fourth-order valence-corrected chi connectivity index (χ4v) is 1.61. The van der Waals surface area contributed by atoms with Gasteiger partial charge in [0, 0.05) is 18.1 Å². The lowest BCUT2D eigenvalue weighted by Crippen LogP contribution is -2.20. The Kier molecular flexibility index (Phi) is 3.50. The molecule has 1 heterocycles. The quantitative estimate of drug-likeness (QED) is 0.817. The van der Waals surface area contributed by atoms with Crippen LogP contribution in [0.25, 0.3) is 10.9 Å². The SMILES string of the molecule is C/C=C/C(=O)NCc1cnc2ccccc2c1. The summed E-state index contributed by atoms with van der Waals surface area (Å²) in [6.07, 6.45) is 5.01. The average molecular weight is 226 g/mol. The van der Waals surface area contributed by atoms with Gasteiger partial charge in [0.2, 0.25) is 5.91 Å². The molecule has 3 heteroatoms. The van der Waals surface area contributed by atoms with E-state index in [0.29, 0.717) is 6.54 Å². The number of hydrogen-bond donors (Lipinski definition) is 1. The molecule has 0 unspecified atom stereocenters. The topological polar surface area (TPSA) is 42.0 Å². The summed E-state index contributed by atoms with van der Waals surface area (Å²) in [5, 5.41) is 3.89. The molecule has 0 aliphatic heterocycles. The Morgan fingerprint density at radius 3 is 3.06 bits per heavy atom. The first-order valence-corrected chi connectivity index (χ1v) is 5.54. The highest BCUT2D eigenvalue weighted by Crippen LogP contribution is 2.12. The van der Waals surface area contributed by atoms with Crippen LogP contribution in [0.5, 0.6) is 0 Å². The minimum atomic E-state index is -0.0827. The van der Waals surface area contributed by atoms with E-state index >= 15 is 0 Å². The number of amides is 1. The van der Waals surface area contributed by atoms with Crippen LogP contribution >= 0.6 is 0 Å². The summed E-state index contributed by atoms with van der Waals surface area (Å²) in [4.78, 5) is 15.6. The van der Waals surface area contributed by atoms with Gasteiger partial charge in [-0.25, -0.2) is 0 Å². The summed E-state index contributed by atoms with van der Waals surface area (Å²) in [7, 11) is 0. The highest BCUT2D eigenvalue weighted by atomic mass is 16.1. The van der Waals surface area contributed by atoms with Gasteiger partial charge in [-0.1, -0.05) is 24.3 Å². The molecule has 0 fully saturated rings. The molecule has 17 heavy (non-hydrogen) atoms. The van der Waals surface area contributed by atoms with Crippen LogP contribution in [0.2, 0.25) is 0 Å². The van der Waals surface area contributed by atoms with Crippen LogP contribution in [0.3, 0.4) is 0 Å². The van der Waals surface area contributed by atoms with E-state index in [1.807, 2.05) is 37.3 Å². The summed E-state index contributed by atoms with van der Waals surface area (Å²) in [6.45, 7) is 2.32. The third-order valence-corrected chi connectivity index (χ3v) is 2.43. The Morgan fingerprint density at radius 2 is 2.24 bits per heavy atom. The monoisotopic (exact) mass is 226 g/mol. The maximum absolute atomic E-state index is 11.3. The zero-order chi connectivity index (χ0) is 12.1. The number of carbonyl (C=O) groups excluding carboxylic acids is 1. The van der Waals surface area contributed by atoms with E-state index in [-0.39, 0.29) is 5.91 Å². The van der Waals surface area contributed by atoms with Crippen LogP contribution in [0.4, 0.5) is 0 Å². The average Bonchev–Trinajstić information content (AvgIpc) is 2.36. The Bertz CT molecular complexity index is 561. The number of nitrogens with one attached hydrogen (secondary N) is 1. The fourth-order valence-electron chi connectivity index (χ4n) is 1.61. The van der Waals surface area contributed by atoms with Crippen molar-refractivity contribution >= 4 is 16.8 Å². The predicted molar refractivity (Wildman–Crippen MR) is 68.4 cm³/mol. The molecule has 0 aliphatic carbocycles. The van der Waals surface area contributed by atoms with Gasteiger partial charge in [0.15, 0.2) is 0 Å². The third kappa shape index (κ3) is 2.91. The number of benzene rings is 1. The zero-order valence-corrected chi connectivity index (χ0v) is 9.68. The van der Waals surface area contributed by atoms with Crippen molar-refractivity contribution in [1.82, 2.24) is 10.3 Å². The molecular formula is C14H14N2O. The van der Waals surface area contributed by atoms with E-state index in [2.05, 4.69) is 10.3 Å². The second kappa shape index (κ2) is 5.25. The van der Waals surface area contributed by atoms with Gasteiger partial charge < -0.3 is 5.32 Å². The first kappa shape index (κ1) is 11.3. The lowest BCUT2D eigenvalue weighted by atomic mass is 10.1. The number of rotatable bonds is 3. The molecule has 1 aromatic carbocycles. The van der Waals surface area contributed by atoms with Crippen molar-refractivity contribution in [3.8, 4) is 0 Å². The van der Waals surface area contributed by atoms with Crippen LogP contribution in [0.1, 0.15) is 12.5 Å². The fraction of sp³-hybridized carbons (Fsp3) is 0.143. The minimum Gasteiger partial charge on any atom is -0.348 e. The molecule has 0 saturated carbocycles. The lowest BCUT2D eigenvalue weighted by Gasteiger charge is -2.03. The van der Waals surface area contributed by atoms with E-state index in [4.69, 9.17) is 0 Å². The van der Waals surface area contributed by atoms with Gasteiger partial charge in [-0.05, 0) is 30.7 Å². The molecule has 0 atom stereocenters. The maximum atomic E-state index is 11.3. The molecule has 2 aromatic rings. The number of pyridine rings is 1. The summed E-state index contributed by atoms with van der Waals surface area (Å²) >= 11 is 0. The number of para-hydroxylation sites is 1. The Labute approximate surface area is 100 Å². The van der Waals surface area contributed by atoms with Crippen LogP contribution < -0.4 is 5.32 Å². The van der Waals surface area contributed by atoms with Crippen LogP contribution in [0.15, 0.2) is 48.7 Å². The molecule has 0 radical (unpaired) electrons. The first-order chi connectivity index (χ1) is 8.29. The van der Waals surface area contributed by atoms with E-state index in [1.54, 1.807) is 12.3 Å². The van der Waals surface area contributed by atoms with Gasteiger partial charge in [0.05, 0.1) is 5.52 Å². The normalized spacial score (nSPS) is 10.9. The molecule has 0 spiro atoms. The number of aromatic nitrogens is 1. The Balaban J connectivity index is 2.11. The molecule has 0 aliphatic rings. The minimum absolute atomic E-state index is 0.0827. The first-order valence-electron chi connectivity index (χ1n) is 5.54. The molecular weight excluding hydrogens is 212 g/mol. The standard InChI is InChI=1S/C14H14N2O/c1-2-5-14(17)16-10-11-8-12-6-3-4-7-13(12)15-9-11/h2-9H,10H2,1H3,(H,16,17)/b5-2+. The summed E-state index contributed by atoms with van der Waals surface area (Å²) in [5.41, 5.74) is 1.97. The largest absolute Gasteiger partial charge is 0.348 e. The second-order valence-corrected chi connectivity index (χ2v) is 3.75. The Morgan fingerprint density at radius 1 is 1.41 bits per heavy atom. The number of allylic oxidation sites excluding steroid dienone is 1. The van der Waals surface area contributed by atoms with Gasteiger partial charge in [-0.3, -0.25) is 9.78 Å². The van der Waals surface area contributed by atoms with E-state index < -0.39 is 0 Å². The summed E-state index contributed by atoms with van der Waals surface area (Å²) in [6, 6.07) is 9.96. The summed E-state index contributed by atoms with van der Waals surface area (Å²) < 4.78 is 0. The molecule has 86 valence electrons. The Hall–Kier alpha value is -2.16. The molecule has 1 amide bonds. The van der Waals surface area contributed by atoms with Gasteiger partial charge in [0.1, 0.15) is 0 Å². The molecule has 3 nitrogen and oxygen atoms in total. The van der Waals surface area contributed by atoms with E-state index in [0.717, 1.165) is 16.5 Å². The van der Waals surface area contributed by atoms with Crippen molar-refractivity contribution in [3.05, 3.63) is 54.2 Å². The van der Waals surface area contributed by atoms with Crippen molar-refractivity contribution in [3.63, 3.8) is 0 Å². The van der Waals surface area contributed by atoms with E-state index in [1.165, 1.54) is 6.08 Å². The number of fused-ring (bicyclic) bond motifs is 1. The third-order valence-electron chi connectivity index (χ3n) is 2.43. The van der Waals surface area contributed by atoms with Gasteiger partial charge in [-0.15, -0.1) is 0 Å². The van der Waals surface area contributed by atoms with Gasteiger partial charge >= 0.3 is 0 Å². The number of nitrogens with zero attached hydrogens (tertiary/aromatic N) is 1. The van der Waals surface area contributed by atoms with Crippen LogP contribution in [-0.2, 0) is 11.3 Å². The molecule has 1 aromatic heterocycles. The zero-order valence-electron chi connectivity index (χ0n) is 9.68. The van der Waals surface area contributed by atoms with Crippen molar-refractivity contribution in [1.29, 1.82) is 0 Å². The van der Waals surface area contributed by atoms with E-state index in [9.17, 15) is 4.79 Å². The predicted octanol–water partition coefficient (Wildman–Crippen LogP) is 2.43. The maximum Gasteiger partial charge on any atom is 0.243 e.